The maximum absolute atomic E-state index is 11.2. The summed E-state index contributed by atoms with van der Waals surface area (Å²) in [5.41, 5.74) is 0.805. The highest BCUT2D eigenvalue weighted by Gasteiger charge is 2.17. The first-order chi connectivity index (χ1) is 11.1. The normalized spacial score (nSPS) is 10.4. The van der Waals surface area contributed by atoms with Gasteiger partial charge >= 0.3 is 5.97 Å². The van der Waals surface area contributed by atoms with Crippen LogP contribution in [0.1, 0.15) is 10.4 Å². The van der Waals surface area contributed by atoms with Gasteiger partial charge in [0.1, 0.15) is 0 Å². The van der Waals surface area contributed by atoms with Crippen LogP contribution in [0, 0.1) is 10.1 Å². The van der Waals surface area contributed by atoms with Crippen molar-refractivity contribution in [2.75, 3.05) is 0 Å². The number of nitrogens with zero attached hydrogens (tertiary/aromatic N) is 3. The standard InChI is InChI=1S/C15H9N3O5/c19-15(20)12-4-2-1-3-11(12)14-17-16-13(23-14)9-5-7-10(8-6-9)18(21)22/h1-8H,(H,19,20). The molecule has 3 rings (SSSR count). The van der Waals surface area contributed by atoms with E-state index in [1.165, 1.54) is 30.3 Å². The third-order valence-electron chi connectivity index (χ3n) is 3.14. The molecule has 0 bridgehead atoms. The summed E-state index contributed by atoms with van der Waals surface area (Å²) in [5, 5.41) is 27.5. The zero-order valence-electron chi connectivity index (χ0n) is 11.5. The number of carboxylic acids is 1. The summed E-state index contributed by atoms with van der Waals surface area (Å²) in [5.74, 6) is -0.887. The van der Waals surface area contributed by atoms with E-state index < -0.39 is 10.9 Å². The molecule has 1 N–H and O–H groups in total. The van der Waals surface area contributed by atoms with E-state index >= 15 is 0 Å². The number of benzene rings is 2. The molecule has 1 aromatic heterocycles. The molecule has 0 atom stereocenters. The molecule has 0 aliphatic rings. The average Bonchev–Trinajstić information content (AvgIpc) is 3.04. The molecular weight excluding hydrogens is 302 g/mol. The van der Waals surface area contributed by atoms with Gasteiger partial charge in [-0.2, -0.15) is 0 Å². The van der Waals surface area contributed by atoms with Crippen molar-refractivity contribution in [3.63, 3.8) is 0 Å². The maximum Gasteiger partial charge on any atom is 0.336 e. The molecule has 23 heavy (non-hydrogen) atoms. The summed E-state index contributed by atoms with van der Waals surface area (Å²) in [6.07, 6.45) is 0. The zero-order chi connectivity index (χ0) is 16.4. The van der Waals surface area contributed by atoms with Gasteiger partial charge < -0.3 is 9.52 Å². The molecule has 8 heteroatoms. The van der Waals surface area contributed by atoms with Crippen LogP contribution in [0.4, 0.5) is 5.69 Å². The Bertz CT molecular complexity index is 886. The summed E-state index contributed by atoms with van der Waals surface area (Å²) in [6, 6.07) is 11.9. The second-order valence-electron chi connectivity index (χ2n) is 4.57. The van der Waals surface area contributed by atoms with Crippen molar-refractivity contribution in [1.29, 1.82) is 0 Å². The van der Waals surface area contributed by atoms with Gasteiger partial charge in [-0.25, -0.2) is 4.79 Å². The van der Waals surface area contributed by atoms with Crippen LogP contribution in [0.2, 0.25) is 0 Å². The molecule has 3 aromatic rings. The van der Waals surface area contributed by atoms with Crippen LogP contribution in [0.15, 0.2) is 52.9 Å². The third kappa shape index (κ3) is 2.77. The van der Waals surface area contributed by atoms with Crippen molar-refractivity contribution in [2.45, 2.75) is 0 Å². The van der Waals surface area contributed by atoms with Crippen molar-refractivity contribution < 1.29 is 19.2 Å². The van der Waals surface area contributed by atoms with Gasteiger partial charge in [0.05, 0.1) is 16.1 Å². The number of hydrogen-bond donors (Lipinski definition) is 1. The molecule has 0 spiro atoms. The van der Waals surface area contributed by atoms with Crippen LogP contribution < -0.4 is 0 Å². The third-order valence-corrected chi connectivity index (χ3v) is 3.14. The Balaban J connectivity index is 1.98. The fraction of sp³-hybridized carbons (Fsp3) is 0. The highest BCUT2D eigenvalue weighted by atomic mass is 16.6. The number of aromatic nitrogens is 2. The molecule has 8 nitrogen and oxygen atoms in total. The maximum atomic E-state index is 11.2. The second kappa shape index (κ2) is 5.68. The fourth-order valence-corrected chi connectivity index (χ4v) is 2.03. The quantitative estimate of drug-likeness (QED) is 0.580. The molecule has 0 unspecified atom stereocenters. The van der Waals surface area contributed by atoms with Crippen LogP contribution in [0.25, 0.3) is 22.9 Å². The van der Waals surface area contributed by atoms with Gasteiger partial charge in [-0.05, 0) is 24.3 Å². The number of nitro groups is 1. The minimum Gasteiger partial charge on any atom is -0.478 e. The van der Waals surface area contributed by atoms with Gasteiger partial charge in [0.2, 0.25) is 11.8 Å². The Labute approximate surface area is 129 Å². The van der Waals surface area contributed by atoms with Crippen LogP contribution in [-0.2, 0) is 0 Å². The van der Waals surface area contributed by atoms with Gasteiger partial charge in [-0.15, -0.1) is 10.2 Å². The predicted octanol–water partition coefficient (Wildman–Crippen LogP) is 3.01. The molecule has 114 valence electrons. The minimum atomic E-state index is -1.10. The Morgan fingerprint density at radius 3 is 2.35 bits per heavy atom. The van der Waals surface area contributed by atoms with Gasteiger partial charge in [0.25, 0.3) is 5.69 Å². The summed E-state index contributed by atoms with van der Waals surface area (Å²) >= 11 is 0. The first kappa shape index (κ1) is 14.4. The molecule has 0 aliphatic heterocycles. The predicted molar refractivity (Wildman–Crippen MR) is 78.8 cm³/mol. The summed E-state index contributed by atoms with van der Waals surface area (Å²) < 4.78 is 5.49. The van der Waals surface area contributed by atoms with Crippen molar-refractivity contribution in [1.82, 2.24) is 10.2 Å². The molecular formula is C15H9N3O5. The molecule has 0 saturated carbocycles. The van der Waals surface area contributed by atoms with E-state index in [0.717, 1.165) is 0 Å². The number of nitro benzene ring substituents is 1. The van der Waals surface area contributed by atoms with Crippen molar-refractivity contribution in [3.05, 3.63) is 64.2 Å². The Morgan fingerprint density at radius 2 is 1.70 bits per heavy atom. The largest absolute Gasteiger partial charge is 0.478 e. The summed E-state index contributed by atoms with van der Waals surface area (Å²) in [6.45, 7) is 0. The van der Waals surface area contributed by atoms with Gasteiger partial charge in [0.15, 0.2) is 0 Å². The molecule has 0 amide bonds. The molecule has 2 aromatic carbocycles. The zero-order valence-corrected chi connectivity index (χ0v) is 11.5. The van der Waals surface area contributed by atoms with E-state index in [1.54, 1.807) is 18.2 Å². The molecule has 0 saturated heterocycles. The lowest BCUT2D eigenvalue weighted by Crippen LogP contribution is -1.98. The lowest BCUT2D eigenvalue weighted by Gasteiger charge is -2.00. The van der Waals surface area contributed by atoms with E-state index in [-0.39, 0.29) is 23.0 Å². The SMILES string of the molecule is O=C(O)c1ccccc1-c1nnc(-c2ccc([N+](=O)[O-])cc2)o1. The number of aromatic carboxylic acids is 1. The number of non-ortho nitro benzene ring substituents is 1. The summed E-state index contributed by atoms with van der Waals surface area (Å²) in [7, 11) is 0. The lowest BCUT2D eigenvalue weighted by molar-refractivity contribution is -0.384. The van der Waals surface area contributed by atoms with Gasteiger partial charge in [0, 0.05) is 17.7 Å². The lowest BCUT2D eigenvalue weighted by atomic mass is 10.1. The number of rotatable bonds is 4. The van der Waals surface area contributed by atoms with E-state index in [4.69, 9.17) is 4.42 Å². The molecule has 1 heterocycles. The number of carboxylic acid groups (broad SMARTS) is 1. The molecule has 0 aliphatic carbocycles. The first-order valence-corrected chi connectivity index (χ1v) is 6.47. The first-order valence-electron chi connectivity index (χ1n) is 6.47. The highest BCUT2D eigenvalue weighted by Crippen LogP contribution is 2.27. The van der Waals surface area contributed by atoms with E-state index in [2.05, 4.69) is 10.2 Å². The van der Waals surface area contributed by atoms with E-state index in [0.29, 0.717) is 11.1 Å². The van der Waals surface area contributed by atoms with Crippen molar-refractivity contribution in [2.24, 2.45) is 0 Å². The van der Waals surface area contributed by atoms with Crippen molar-refractivity contribution in [3.8, 4) is 22.9 Å². The number of carbonyl (C=O) groups is 1. The van der Waals surface area contributed by atoms with Crippen LogP contribution in [0.5, 0.6) is 0 Å². The Kier molecular flexibility index (Phi) is 3.55. The average molecular weight is 311 g/mol. The topological polar surface area (TPSA) is 119 Å². The number of hydrogen-bond acceptors (Lipinski definition) is 6. The monoisotopic (exact) mass is 311 g/mol. The molecule has 0 radical (unpaired) electrons. The van der Waals surface area contributed by atoms with Gasteiger partial charge in [-0.1, -0.05) is 12.1 Å². The van der Waals surface area contributed by atoms with Crippen LogP contribution >= 0.6 is 0 Å². The Morgan fingerprint density at radius 1 is 1.04 bits per heavy atom. The van der Waals surface area contributed by atoms with E-state index in [9.17, 15) is 20.0 Å². The smallest absolute Gasteiger partial charge is 0.336 e. The van der Waals surface area contributed by atoms with Crippen LogP contribution in [0.3, 0.4) is 0 Å². The molecule has 0 fully saturated rings. The second-order valence-corrected chi connectivity index (χ2v) is 4.57. The van der Waals surface area contributed by atoms with Gasteiger partial charge in [-0.3, -0.25) is 10.1 Å². The Hall–Kier alpha value is -3.55. The summed E-state index contributed by atoms with van der Waals surface area (Å²) in [4.78, 5) is 21.3. The fourth-order valence-electron chi connectivity index (χ4n) is 2.03. The highest BCUT2D eigenvalue weighted by molar-refractivity contribution is 5.94. The van der Waals surface area contributed by atoms with E-state index in [1.807, 2.05) is 0 Å². The van der Waals surface area contributed by atoms with Crippen molar-refractivity contribution >= 4 is 11.7 Å². The minimum absolute atomic E-state index is 0.0476. The van der Waals surface area contributed by atoms with Crippen LogP contribution in [-0.4, -0.2) is 26.2 Å².